The molecular weight excluding hydrogens is 384 g/mol. The highest BCUT2D eigenvalue weighted by molar-refractivity contribution is 5.81. The Morgan fingerprint density at radius 1 is 0.633 bits per heavy atom. The molecule has 30 heavy (non-hydrogen) atoms. The SMILES string of the molecule is CCCCCCCCCCCCCCCCCC(=O)OC(C)C(=O)OC(C)C(=O)[O-]. The first-order valence-corrected chi connectivity index (χ1v) is 12.0. The quantitative estimate of drug-likeness (QED) is 0.203. The Kier molecular flexibility index (Phi) is 18.4. The van der Waals surface area contributed by atoms with Gasteiger partial charge in [-0.25, -0.2) is 4.79 Å². The average molecular weight is 428 g/mol. The van der Waals surface area contributed by atoms with E-state index >= 15 is 0 Å². The first-order valence-electron chi connectivity index (χ1n) is 12.0. The van der Waals surface area contributed by atoms with Crippen molar-refractivity contribution in [1.29, 1.82) is 0 Å². The molecule has 2 unspecified atom stereocenters. The number of ether oxygens (including phenoxy) is 2. The van der Waals surface area contributed by atoms with Gasteiger partial charge in [0.15, 0.2) is 6.10 Å². The molecule has 0 spiro atoms. The van der Waals surface area contributed by atoms with Gasteiger partial charge in [-0.15, -0.1) is 0 Å². The van der Waals surface area contributed by atoms with Crippen LogP contribution in [0.1, 0.15) is 124 Å². The molecule has 0 bridgehead atoms. The summed E-state index contributed by atoms with van der Waals surface area (Å²) in [6.07, 6.45) is 16.6. The molecular formula is C24H43O6-. The minimum Gasteiger partial charge on any atom is -0.546 e. The van der Waals surface area contributed by atoms with Gasteiger partial charge in [-0.1, -0.05) is 96.8 Å². The third-order valence-electron chi connectivity index (χ3n) is 5.25. The molecule has 0 radical (unpaired) electrons. The monoisotopic (exact) mass is 427 g/mol. The first kappa shape index (κ1) is 28.4. The van der Waals surface area contributed by atoms with Crippen LogP contribution in [0.2, 0.25) is 0 Å². The Hall–Kier alpha value is -1.59. The van der Waals surface area contributed by atoms with Crippen LogP contribution >= 0.6 is 0 Å². The third-order valence-corrected chi connectivity index (χ3v) is 5.25. The van der Waals surface area contributed by atoms with Crippen molar-refractivity contribution in [2.24, 2.45) is 0 Å². The summed E-state index contributed by atoms with van der Waals surface area (Å²) in [5, 5.41) is 10.6. The summed E-state index contributed by atoms with van der Waals surface area (Å²) >= 11 is 0. The molecule has 6 nitrogen and oxygen atoms in total. The molecule has 6 heteroatoms. The summed E-state index contributed by atoms with van der Waals surface area (Å²) < 4.78 is 9.61. The molecule has 0 N–H and O–H groups in total. The van der Waals surface area contributed by atoms with Gasteiger partial charge < -0.3 is 19.4 Å². The fraction of sp³-hybridized carbons (Fsp3) is 0.875. The largest absolute Gasteiger partial charge is 0.546 e. The van der Waals surface area contributed by atoms with E-state index in [0.717, 1.165) is 19.3 Å². The van der Waals surface area contributed by atoms with Crippen molar-refractivity contribution in [2.75, 3.05) is 0 Å². The van der Waals surface area contributed by atoms with E-state index in [-0.39, 0.29) is 6.42 Å². The number of esters is 2. The van der Waals surface area contributed by atoms with Gasteiger partial charge in [0.05, 0.1) is 5.97 Å². The Labute approximate surface area is 183 Å². The standard InChI is InChI=1S/C24H44O6/c1-4-5-6-7-8-9-10-11-12-13-14-15-16-17-18-19-22(25)29-21(3)24(28)30-20(2)23(26)27/h20-21H,4-19H2,1-3H3,(H,26,27)/p-1. The lowest BCUT2D eigenvalue weighted by Crippen LogP contribution is -2.39. The number of carboxylic acid groups (broad SMARTS) is 1. The van der Waals surface area contributed by atoms with Gasteiger partial charge in [0, 0.05) is 6.42 Å². The number of hydrogen-bond acceptors (Lipinski definition) is 6. The molecule has 0 aliphatic rings. The van der Waals surface area contributed by atoms with E-state index in [4.69, 9.17) is 4.74 Å². The van der Waals surface area contributed by atoms with E-state index < -0.39 is 30.1 Å². The Bertz CT molecular complexity index is 463. The van der Waals surface area contributed by atoms with Crippen LogP contribution in [-0.4, -0.2) is 30.1 Å². The summed E-state index contributed by atoms with van der Waals surface area (Å²) in [5.41, 5.74) is 0. The highest BCUT2D eigenvalue weighted by Gasteiger charge is 2.21. The molecule has 0 heterocycles. The topological polar surface area (TPSA) is 92.7 Å². The fourth-order valence-electron chi connectivity index (χ4n) is 3.26. The van der Waals surface area contributed by atoms with Crippen molar-refractivity contribution in [2.45, 2.75) is 136 Å². The predicted molar refractivity (Wildman–Crippen MR) is 116 cm³/mol. The van der Waals surface area contributed by atoms with Crippen LogP contribution in [0.3, 0.4) is 0 Å². The molecule has 0 fully saturated rings. The molecule has 0 aromatic carbocycles. The zero-order valence-corrected chi connectivity index (χ0v) is 19.4. The molecule has 0 saturated carbocycles. The summed E-state index contributed by atoms with van der Waals surface area (Å²) in [6, 6.07) is 0. The van der Waals surface area contributed by atoms with Crippen molar-refractivity contribution >= 4 is 17.9 Å². The van der Waals surface area contributed by atoms with Crippen molar-refractivity contribution in [3.8, 4) is 0 Å². The maximum absolute atomic E-state index is 11.8. The van der Waals surface area contributed by atoms with Crippen LogP contribution in [0.5, 0.6) is 0 Å². The van der Waals surface area contributed by atoms with Crippen LogP contribution in [0.15, 0.2) is 0 Å². The number of carboxylic acids is 1. The summed E-state index contributed by atoms with van der Waals surface area (Å²) in [5.74, 6) is -2.83. The number of unbranched alkanes of at least 4 members (excludes halogenated alkanes) is 14. The van der Waals surface area contributed by atoms with E-state index in [1.807, 2.05) is 0 Å². The van der Waals surface area contributed by atoms with Gasteiger partial charge >= 0.3 is 11.9 Å². The van der Waals surface area contributed by atoms with E-state index in [1.165, 1.54) is 90.9 Å². The van der Waals surface area contributed by atoms with Crippen molar-refractivity contribution in [3.63, 3.8) is 0 Å². The zero-order chi connectivity index (χ0) is 22.6. The van der Waals surface area contributed by atoms with Crippen LogP contribution < -0.4 is 5.11 Å². The fourth-order valence-corrected chi connectivity index (χ4v) is 3.26. The zero-order valence-electron chi connectivity index (χ0n) is 19.4. The molecule has 0 aliphatic heterocycles. The molecule has 0 aliphatic carbocycles. The van der Waals surface area contributed by atoms with Crippen molar-refractivity contribution in [1.82, 2.24) is 0 Å². The average Bonchev–Trinajstić information content (AvgIpc) is 2.70. The smallest absolute Gasteiger partial charge is 0.347 e. The number of carbonyl (C=O) groups excluding carboxylic acids is 3. The van der Waals surface area contributed by atoms with Crippen molar-refractivity contribution < 1.29 is 29.0 Å². The highest BCUT2D eigenvalue weighted by Crippen LogP contribution is 2.14. The van der Waals surface area contributed by atoms with Gasteiger partial charge in [-0.3, -0.25) is 4.79 Å². The van der Waals surface area contributed by atoms with E-state index in [1.54, 1.807) is 0 Å². The van der Waals surface area contributed by atoms with Gasteiger partial charge in [0.25, 0.3) is 0 Å². The number of aliphatic carboxylic acids is 1. The summed E-state index contributed by atoms with van der Waals surface area (Å²) in [6.45, 7) is 4.81. The maximum Gasteiger partial charge on any atom is 0.347 e. The predicted octanol–water partition coefficient (Wildman–Crippen LogP) is 4.86. The number of rotatable bonds is 20. The molecule has 0 aromatic heterocycles. The van der Waals surface area contributed by atoms with E-state index in [9.17, 15) is 19.5 Å². The molecule has 0 aromatic rings. The van der Waals surface area contributed by atoms with Crippen LogP contribution in [0.25, 0.3) is 0 Å². The van der Waals surface area contributed by atoms with Gasteiger partial charge in [-0.2, -0.15) is 0 Å². The minimum atomic E-state index is -1.49. The van der Waals surface area contributed by atoms with Gasteiger partial charge in [0.2, 0.25) is 0 Å². The highest BCUT2D eigenvalue weighted by atomic mass is 16.6. The molecule has 0 saturated heterocycles. The summed E-state index contributed by atoms with van der Waals surface area (Å²) in [4.78, 5) is 33.9. The second-order valence-corrected chi connectivity index (χ2v) is 8.23. The lowest BCUT2D eigenvalue weighted by Gasteiger charge is -2.17. The first-order chi connectivity index (χ1) is 14.4. The second kappa shape index (κ2) is 19.4. The van der Waals surface area contributed by atoms with Crippen LogP contribution in [-0.2, 0) is 23.9 Å². The lowest BCUT2D eigenvalue weighted by molar-refractivity contribution is -0.315. The normalized spacial score (nSPS) is 12.9. The molecule has 2 atom stereocenters. The van der Waals surface area contributed by atoms with Gasteiger partial charge in [-0.05, 0) is 20.3 Å². The van der Waals surface area contributed by atoms with Gasteiger partial charge in [0.1, 0.15) is 6.10 Å². The van der Waals surface area contributed by atoms with E-state index in [2.05, 4.69) is 11.7 Å². The minimum absolute atomic E-state index is 0.256. The summed E-state index contributed by atoms with van der Waals surface area (Å²) in [7, 11) is 0. The van der Waals surface area contributed by atoms with E-state index in [0.29, 0.717) is 0 Å². The third kappa shape index (κ3) is 17.3. The Balaban J connectivity index is 3.46. The molecule has 176 valence electrons. The number of hydrogen-bond donors (Lipinski definition) is 0. The van der Waals surface area contributed by atoms with Crippen LogP contribution in [0, 0.1) is 0 Å². The number of carbonyl (C=O) groups is 3. The van der Waals surface area contributed by atoms with Crippen LogP contribution in [0.4, 0.5) is 0 Å². The molecule has 0 amide bonds. The lowest BCUT2D eigenvalue weighted by atomic mass is 10.0. The molecule has 0 rings (SSSR count). The second-order valence-electron chi connectivity index (χ2n) is 8.23. The Morgan fingerprint density at radius 3 is 1.43 bits per heavy atom. The Morgan fingerprint density at radius 2 is 1.03 bits per heavy atom. The van der Waals surface area contributed by atoms with Crippen molar-refractivity contribution in [3.05, 3.63) is 0 Å². The maximum atomic E-state index is 11.8.